The topological polar surface area (TPSA) is 79.5 Å². The average Bonchev–Trinajstić information content (AvgIpc) is 2.16. The fourth-order valence-corrected chi connectivity index (χ4v) is 0.676. The molecule has 0 saturated heterocycles. The van der Waals surface area contributed by atoms with Crippen LogP contribution in [-0.4, -0.2) is 31.6 Å². The fraction of sp³-hybridized carbons (Fsp3) is 0.778. The van der Waals surface area contributed by atoms with Crippen LogP contribution in [-0.2, 0) is 9.63 Å². The molecule has 0 spiro atoms. The number of hydroxylamine groups is 1. The Morgan fingerprint density at radius 2 is 1.87 bits per heavy atom. The summed E-state index contributed by atoms with van der Waals surface area (Å²) in [5.74, 6) is -0.0511. The highest BCUT2D eigenvalue weighted by molar-refractivity contribution is 5.96. The number of amides is 3. The second-order valence-corrected chi connectivity index (χ2v) is 3.61. The summed E-state index contributed by atoms with van der Waals surface area (Å²) in [6, 6.07) is -1.10. The number of carbonyl (C=O) groups is 2. The van der Waals surface area contributed by atoms with Crippen LogP contribution in [0, 0.1) is 5.92 Å². The Balaban J connectivity index is 3.74. The lowest BCUT2D eigenvalue weighted by atomic mass is 10.2. The van der Waals surface area contributed by atoms with Crippen LogP contribution in [0.5, 0.6) is 0 Å². The van der Waals surface area contributed by atoms with Crippen LogP contribution in [0.4, 0.5) is 4.79 Å². The zero-order valence-corrected chi connectivity index (χ0v) is 9.59. The summed E-state index contributed by atoms with van der Waals surface area (Å²) in [4.78, 5) is 27.1. The summed E-state index contributed by atoms with van der Waals surface area (Å²) < 4.78 is 0. The van der Waals surface area contributed by atoms with E-state index in [9.17, 15) is 9.59 Å². The highest BCUT2D eigenvalue weighted by Crippen LogP contribution is 1.91. The van der Waals surface area contributed by atoms with Gasteiger partial charge in [-0.05, 0) is 12.8 Å². The lowest BCUT2D eigenvalue weighted by Gasteiger charge is -2.14. The van der Waals surface area contributed by atoms with E-state index in [0.717, 1.165) is 0 Å². The minimum atomic E-state index is -0.568. The zero-order valence-electron chi connectivity index (χ0n) is 9.59. The predicted octanol–water partition coefficient (Wildman–Crippen LogP) is 0.00770. The Hall–Kier alpha value is -1.14. The summed E-state index contributed by atoms with van der Waals surface area (Å²) in [5.41, 5.74) is 2.55. The first-order chi connectivity index (χ1) is 6.97. The number of imide groups is 1. The molecule has 0 bridgehead atoms. The van der Waals surface area contributed by atoms with Gasteiger partial charge in [-0.25, -0.2) is 4.79 Å². The molecule has 0 aliphatic rings. The molecule has 6 heteroatoms. The van der Waals surface area contributed by atoms with Crippen molar-refractivity contribution in [3.8, 4) is 0 Å². The van der Waals surface area contributed by atoms with Crippen LogP contribution < -0.4 is 16.1 Å². The first-order valence-electron chi connectivity index (χ1n) is 4.87. The van der Waals surface area contributed by atoms with Gasteiger partial charge in [-0.15, -0.1) is 0 Å². The van der Waals surface area contributed by atoms with Gasteiger partial charge in [-0.3, -0.25) is 10.1 Å². The third-order valence-corrected chi connectivity index (χ3v) is 1.53. The number of rotatable bonds is 5. The smallest absolute Gasteiger partial charge is 0.321 e. The van der Waals surface area contributed by atoms with Gasteiger partial charge in [0.25, 0.3) is 0 Å². The molecule has 6 nitrogen and oxygen atoms in total. The monoisotopic (exact) mass is 217 g/mol. The molecule has 0 rings (SSSR count). The minimum absolute atomic E-state index is 0.381. The van der Waals surface area contributed by atoms with Crippen molar-refractivity contribution in [2.75, 3.05) is 13.7 Å². The van der Waals surface area contributed by atoms with Gasteiger partial charge >= 0.3 is 6.03 Å². The number of nitrogens with one attached hydrogen (secondary N) is 3. The fourth-order valence-electron chi connectivity index (χ4n) is 0.676. The second kappa shape index (κ2) is 7.19. The number of carbonyl (C=O) groups excluding carboxylic acids is 2. The van der Waals surface area contributed by atoms with E-state index in [1.165, 1.54) is 7.05 Å². The minimum Gasteiger partial charge on any atom is -0.341 e. The zero-order chi connectivity index (χ0) is 11.8. The normalized spacial score (nSPS) is 12.3. The van der Waals surface area contributed by atoms with E-state index in [1.807, 2.05) is 13.8 Å². The van der Waals surface area contributed by atoms with Crippen molar-refractivity contribution in [1.82, 2.24) is 16.1 Å². The largest absolute Gasteiger partial charge is 0.341 e. The van der Waals surface area contributed by atoms with E-state index >= 15 is 0 Å². The first kappa shape index (κ1) is 13.9. The predicted molar refractivity (Wildman–Crippen MR) is 56.0 cm³/mol. The van der Waals surface area contributed by atoms with Crippen LogP contribution >= 0.6 is 0 Å². The third-order valence-electron chi connectivity index (χ3n) is 1.53. The molecule has 0 saturated carbocycles. The summed E-state index contributed by atoms with van der Waals surface area (Å²) in [6.07, 6.45) is 0. The lowest BCUT2D eigenvalue weighted by molar-refractivity contribution is -0.126. The van der Waals surface area contributed by atoms with Crippen molar-refractivity contribution < 1.29 is 14.4 Å². The van der Waals surface area contributed by atoms with Crippen LogP contribution in [0.3, 0.4) is 0 Å². The van der Waals surface area contributed by atoms with Gasteiger partial charge in [0.15, 0.2) is 0 Å². The molecule has 0 aliphatic carbocycles. The van der Waals surface area contributed by atoms with Crippen LogP contribution in [0.2, 0.25) is 0 Å². The van der Waals surface area contributed by atoms with E-state index in [-0.39, 0.29) is 0 Å². The van der Waals surface area contributed by atoms with Gasteiger partial charge in [0, 0.05) is 7.05 Å². The van der Waals surface area contributed by atoms with Crippen LogP contribution in [0.15, 0.2) is 0 Å². The van der Waals surface area contributed by atoms with Crippen molar-refractivity contribution in [2.24, 2.45) is 5.92 Å². The SMILES string of the molecule is CNC(=O)NC(=O)C(C)NOCC(C)C. The standard InChI is InChI=1S/C9H19N3O3/c1-6(2)5-15-12-7(3)8(13)11-9(14)10-4/h6-7,12H,5H2,1-4H3,(H2,10,11,13,14). The maximum atomic E-state index is 11.3. The van der Waals surface area contributed by atoms with Crippen molar-refractivity contribution in [3.63, 3.8) is 0 Å². The molecule has 0 radical (unpaired) electrons. The van der Waals surface area contributed by atoms with Gasteiger partial charge in [0.1, 0.15) is 6.04 Å². The van der Waals surface area contributed by atoms with Gasteiger partial charge in [-0.2, -0.15) is 5.48 Å². The summed E-state index contributed by atoms with van der Waals surface area (Å²) >= 11 is 0. The maximum absolute atomic E-state index is 11.3. The average molecular weight is 217 g/mol. The summed E-state index contributed by atoms with van der Waals surface area (Å²) in [5, 5.41) is 4.42. The van der Waals surface area contributed by atoms with E-state index in [4.69, 9.17) is 4.84 Å². The summed E-state index contributed by atoms with van der Waals surface area (Å²) in [7, 11) is 1.44. The van der Waals surface area contributed by atoms with Crippen molar-refractivity contribution in [1.29, 1.82) is 0 Å². The number of urea groups is 1. The molecule has 88 valence electrons. The molecule has 0 aromatic carbocycles. The highest BCUT2D eigenvalue weighted by Gasteiger charge is 2.14. The van der Waals surface area contributed by atoms with Gasteiger partial charge in [0.2, 0.25) is 5.91 Å². The second-order valence-electron chi connectivity index (χ2n) is 3.61. The molecular weight excluding hydrogens is 198 g/mol. The Labute approximate surface area is 89.7 Å². The first-order valence-corrected chi connectivity index (χ1v) is 4.87. The molecule has 0 heterocycles. The third kappa shape index (κ3) is 6.87. The molecule has 1 unspecified atom stereocenters. The van der Waals surface area contributed by atoms with E-state index in [1.54, 1.807) is 6.92 Å². The van der Waals surface area contributed by atoms with Crippen molar-refractivity contribution in [3.05, 3.63) is 0 Å². The summed E-state index contributed by atoms with van der Waals surface area (Å²) in [6.45, 7) is 6.12. The molecule has 0 aromatic heterocycles. The Bertz CT molecular complexity index is 219. The Morgan fingerprint density at radius 1 is 1.27 bits per heavy atom. The maximum Gasteiger partial charge on any atom is 0.321 e. The lowest BCUT2D eigenvalue weighted by Crippen LogP contribution is -2.47. The van der Waals surface area contributed by atoms with E-state index < -0.39 is 18.0 Å². The molecule has 0 aromatic rings. The quantitative estimate of drug-likeness (QED) is 0.567. The molecule has 3 amide bonds. The molecule has 15 heavy (non-hydrogen) atoms. The van der Waals surface area contributed by atoms with Crippen molar-refractivity contribution in [2.45, 2.75) is 26.8 Å². The molecule has 1 atom stereocenters. The number of hydrogen-bond donors (Lipinski definition) is 3. The molecule has 0 fully saturated rings. The highest BCUT2D eigenvalue weighted by atomic mass is 16.6. The molecule has 3 N–H and O–H groups in total. The number of hydrogen-bond acceptors (Lipinski definition) is 4. The van der Waals surface area contributed by atoms with Gasteiger partial charge in [-0.1, -0.05) is 13.8 Å². The van der Waals surface area contributed by atoms with Crippen LogP contribution in [0.25, 0.3) is 0 Å². The molecular formula is C9H19N3O3. The van der Waals surface area contributed by atoms with E-state index in [2.05, 4.69) is 16.1 Å². The van der Waals surface area contributed by atoms with Gasteiger partial charge in [0.05, 0.1) is 6.61 Å². The Morgan fingerprint density at radius 3 is 2.33 bits per heavy atom. The Kier molecular flexibility index (Phi) is 6.64. The van der Waals surface area contributed by atoms with Crippen LogP contribution in [0.1, 0.15) is 20.8 Å². The molecule has 0 aliphatic heterocycles. The van der Waals surface area contributed by atoms with Gasteiger partial charge < -0.3 is 10.2 Å². The van der Waals surface area contributed by atoms with E-state index in [0.29, 0.717) is 12.5 Å². The van der Waals surface area contributed by atoms with Crippen molar-refractivity contribution >= 4 is 11.9 Å².